The van der Waals surface area contributed by atoms with Gasteiger partial charge in [-0.1, -0.05) is 35.1 Å². The zero-order chi connectivity index (χ0) is 28.5. The molecular formula is C32H47N3O5. The fraction of sp³-hybridized carbons (Fsp3) is 0.531. The Bertz CT molecular complexity index is 1240. The van der Waals surface area contributed by atoms with Gasteiger partial charge in [0.15, 0.2) is 5.78 Å². The molecule has 8 heteroatoms. The first kappa shape index (κ1) is 32.8. The highest BCUT2D eigenvalue weighted by molar-refractivity contribution is 6.17. The number of carbonyl (C=O) groups excluding carboxylic acids is 2. The van der Waals surface area contributed by atoms with Gasteiger partial charge in [-0.25, -0.2) is 4.98 Å². The molecule has 1 aromatic carbocycles. The Morgan fingerprint density at radius 2 is 1.65 bits per heavy atom. The van der Waals surface area contributed by atoms with Crippen LogP contribution < -0.4 is 9.47 Å². The molecule has 0 N–H and O–H groups in total. The van der Waals surface area contributed by atoms with Crippen LogP contribution in [0.1, 0.15) is 69.6 Å². The minimum atomic E-state index is -0.152. The molecule has 3 aromatic rings. The molecule has 2 aromatic heterocycles. The van der Waals surface area contributed by atoms with E-state index in [2.05, 4.69) is 32.7 Å². The molecule has 0 aliphatic heterocycles. The van der Waals surface area contributed by atoms with Crippen molar-refractivity contribution in [2.75, 3.05) is 40.5 Å². The molecule has 0 aliphatic rings. The topological polar surface area (TPSA) is 82.9 Å². The number of hydrogen-bond acceptors (Lipinski definition) is 6. The first-order valence-corrected chi connectivity index (χ1v) is 13.7. The highest BCUT2D eigenvalue weighted by Gasteiger charge is 2.24. The third kappa shape index (κ3) is 8.31. The van der Waals surface area contributed by atoms with Crippen molar-refractivity contribution >= 4 is 22.6 Å². The lowest BCUT2D eigenvalue weighted by molar-refractivity contribution is -0.132. The molecule has 0 atom stereocenters. The molecule has 0 aliphatic carbocycles. The number of hydrogen-bond donors (Lipinski definition) is 0. The predicted molar refractivity (Wildman–Crippen MR) is 160 cm³/mol. The van der Waals surface area contributed by atoms with Gasteiger partial charge in [-0.2, -0.15) is 0 Å². The van der Waals surface area contributed by atoms with E-state index in [1.54, 1.807) is 26.4 Å². The summed E-state index contributed by atoms with van der Waals surface area (Å²) < 4.78 is 18.0. The second-order valence-corrected chi connectivity index (χ2v) is 10.7. The molecule has 0 spiro atoms. The molecule has 220 valence electrons. The Morgan fingerprint density at radius 3 is 2.20 bits per heavy atom. The number of amides is 1. The Hall–Kier alpha value is -3.39. The number of methoxy groups -OCH3 is 2. The molecule has 40 heavy (non-hydrogen) atoms. The van der Waals surface area contributed by atoms with Gasteiger partial charge in [-0.3, -0.25) is 9.59 Å². The normalized spacial score (nSPS) is 11.1. The Kier molecular flexibility index (Phi) is 12.6. The van der Waals surface area contributed by atoms with Gasteiger partial charge in [0.25, 0.3) is 0 Å². The van der Waals surface area contributed by atoms with Gasteiger partial charge in [0.1, 0.15) is 18.9 Å². The number of ketones is 1. The first-order chi connectivity index (χ1) is 18.7. The van der Waals surface area contributed by atoms with E-state index < -0.39 is 0 Å². The van der Waals surface area contributed by atoms with Gasteiger partial charge >= 0.3 is 0 Å². The second kappa shape index (κ2) is 15.4. The quantitative estimate of drug-likeness (QED) is 0.165. The predicted octanol–water partition coefficient (Wildman–Crippen LogP) is 6.17. The van der Waals surface area contributed by atoms with E-state index in [0.29, 0.717) is 47.8 Å². The molecule has 2 heterocycles. The van der Waals surface area contributed by atoms with E-state index >= 15 is 0 Å². The van der Waals surface area contributed by atoms with Gasteiger partial charge in [-0.15, -0.1) is 0 Å². The van der Waals surface area contributed by atoms with Crippen LogP contribution >= 0.6 is 0 Å². The number of aromatic nitrogens is 2. The van der Waals surface area contributed by atoms with Crippen molar-refractivity contribution in [2.24, 2.45) is 11.8 Å². The van der Waals surface area contributed by atoms with Crippen LogP contribution in [0.25, 0.3) is 10.9 Å². The third-order valence-corrected chi connectivity index (χ3v) is 6.89. The van der Waals surface area contributed by atoms with Gasteiger partial charge in [0.2, 0.25) is 11.8 Å². The maximum absolute atomic E-state index is 13.8. The maximum atomic E-state index is 13.8. The summed E-state index contributed by atoms with van der Waals surface area (Å²) in [5, 5.41) is 0.780. The monoisotopic (exact) mass is 553 g/mol. The lowest BCUT2D eigenvalue weighted by Gasteiger charge is -2.25. The molecule has 0 radical (unpaired) electrons. The molecular weight excluding hydrogens is 506 g/mol. The first-order valence-electron chi connectivity index (χ1n) is 13.7. The smallest absolute Gasteiger partial charge is 0.242 e. The zero-order valence-electron chi connectivity index (χ0n) is 24.5. The number of rotatable bonds is 15. The van der Waals surface area contributed by atoms with Gasteiger partial charge in [-0.05, 0) is 49.8 Å². The van der Waals surface area contributed by atoms with E-state index in [0.717, 1.165) is 42.5 Å². The minimum Gasteiger partial charge on any atom is -0.497 e. The maximum Gasteiger partial charge on any atom is 0.242 e. The van der Waals surface area contributed by atoms with Crippen molar-refractivity contribution in [3.05, 3.63) is 53.3 Å². The molecule has 3 rings (SSSR count). The van der Waals surface area contributed by atoms with E-state index in [1.807, 2.05) is 34.6 Å². The fourth-order valence-electron chi connectivity index (χ4n) is 4.47. The highest BCUT2D eigenvalue weighted by atomic mass is 16.5. The summed E-state index contributed by atoms with van der Waals surface area (Å²) in [4.78, 5) is 33.7. The van der Waals surface area contributed by atoms with Crippen LogP contribution in [-0.2, 0) is 16.1 Å². The van der Waals surface area contributed by atoms with Crippen molar-refractivity contribution in [1.82, 2.24) is 14.5 Å². The number of fused-ring (bicyclic) bond motifs is 1. The van der Waals surface area contributed by atoms with Gasteiger partial charge < -0.3 is 23.7 Å². The largest absolute Gasteiger partial charge is 0.497 e. The number of nitrogens with zero attached hydrogens (tertiary/aromatic N) is 3. The number of ether oxygens (including phenoxy) is 3. The molecule has 8 nitrogen and oxygen atoms in total. The van der Waals surface area contributed by atoms with Crippen molar-refractivity contribution in [2.45, 2.75) is 61.4 Å². The van der Waals surface area contributed by atoms with Gasteiger partial charge in [0, 0.05) is 55.2 Å². The lowest BCUT2D eigenvalue weighted by atomic mass is 10.0. The Balaban J connectivity index is 0.00000560. The molecule has 0 saturated heterocycles. The average molecular weight is 554 g/mol. The average Bonchev–Trinajstić information content (AvgIpc) is 3.18. The van der Waals surface area contributed by atoms with Crippen LogP contribution in [0.15, 0.2) is 36.5 Å². The summed E-state index contributed by atoms with van der Waals surface area (Å²) in [5.41, 5.74) is 2.55. The fourth-order valence-corrected chi connectivity index (χ4v) is 4.47. The minimum absolute atomic E-state index is 0. The van der Waals surface area contributed by atoms with Crippen LogP contribution in [0.2, 0.25) is 0 Å². The molecule has 0 bridgehead atoms. The summed E-state index contributed by atoms with van der Waals surface area (Å²) in [6.07, 6.45) is 3.43. The SMILES string of the molecule is C.COCCOc1ccc(C(=O)c2c(C)n(CC(=O)N(CCC(C)C)CCC(C)C)c3cc(OC)ccc23)cn1. The van der Waals surface area contributed by atoms with E-state index in [4.69, 9.17) is 14.2 Å². The zero-order valence-corrected chi connectivity index (χ0v) is 24.5. The second-order valence-electron chi connectivity index (χ2n) is 10.7. The van der Waals surface area contributed by atoms with Crippen molar-refractivity contribution in [3.63, 3.8) is 0 Å². The standard InChI is InChI=1S/C31H43N3O5.CH4/c1-21(2)12-14-33(15-13-22(3)4)29(35)20-34-23(5)30(26-10-9-25(38-7)18-27(26)34)31(36)24-8-11-28(32-19-24)39-17-16-37-6;/h8-11,18-19,21-22H,12-17,20H2,1-7H3;1H4. The molecule has 0 unspecified atom stereocenters. The van der Waals surface area contributed by atoms with Gasteiger partial charge in [0.05, 0.1) is 24.8 Å². The van der Waals surface area contributed by atoms with E-state index in [-0.39, 0.29) is 25.7 Å². The van der Waals surface area contributed by atoms with Crippen molar-refractivity contribution in [1.29, 1.82) is 0 Å². The third-order valence-electron chi connectivity index (χ3n) is 6.89. The Morgan fingerprint density at radius 1 is 0.975 bits per heavy atom. The number of benzene rings is 1. The van der Waals surface area contributed by atoms with Crippen LogP contribution in [0, 0.1) is 18.8 Å². The molecule has 0 saturated carbocycles. The summed E-state index contributed by atoms with van der Waals surface area (Å²) >= 11 is 0. The van der Waals surface area contributed by atoms with Crippen LogP contribution in [0.4, 0.5) is 0 Å². The number of carbonyl (C=O) groups is 2. The van der Waals surface area contributed by atoms with E-state index in [9.17, 15) is 9.59 Å². The van der Waals surface area contributed by atoms with Crippen molar-refractivity contribution < 1.29 is 23.8 Å². The van der Waals surface area contributed by atoms with Crippen LogP contribution in [-0.4, -0.2) is 66.7 Å². The summed E-state index contributed by atoms with van der Waals surface area (Å²) in [7, 11) is 3.22. The summed E-state index contributed by atoms with van der Waals surface area (Å²) in [6, 6.07) is 9.02. The van der Waals surface area contributed by atoms with Crippen molar-refractivity contribution in [3.8, 4) is 11.6 Å². The number of pyridine rings is 1. The molecule has 1 amide bonds. The summed E-state index contributed by atoms with van der Waals surface area (Å²) in [5.74, 6) is 2.02. The summed E-state index contributed by atoms with van der Waals surface area (Å²) in [6.45, 7) is 13.0. The molecule has 0 fully saturated rings. The Labute approximate surface area is 239 Å². The van der Waals surface area contributed by atoms with Crippen LogP contribution in [0.5, 0.6) is 11.6 Å². The van der Waals surface area contributed by atoms with Crippen LogP contribution in [0.3, 0.4) is 0 Å². The lowest BCUT2D eigenvalue weighted by Crippen LogP contribution is -2.36. The highest BCUT2D eigenvalue weighted by Crippen LogP contribution is 2.31. The van der Waals surface area contributed by atoms with E-state index in [1.165, 1.54) is 6.20 Å².